The number of phenolic OH excluding ortho intramolecular Hbond substituents is 2. The minimum Gasteiger partial charge on any atom is -0.507 e. The normalized spacial score (nSPS) is 12.7. The molecule has 0 fully saturated rings. The summed E-state index contributed by atoms with van der Waals surface area (Å²) in [6.45, 7) is 2.99. The van der Waals surface area contributed by atoms with Crippen molar-refractivity contribution in [1.29, 1.82) is 0 Å². The fourth-order valence-electron chi connectivity index (χ4n) is 5.67. The average Bonchev–Trinajstić information content (AvgIpc) is 3.50. The van der Waals surface area contributed by atoms with Crippen molar-refractivity contribution in [3.63, 3.8) is 0 Å². The van der Waals surface area contributed by atoms with Crippen molar-refractivity contribution in [2.75, 3.05) is 27.4 Å². The summed E-state index contributed by atoms with van der Waals surface area (Å²) in [4.78, 5) is 26.6. The molecule has 0 radical (unpaired) electrons. The number of hydrogen-bond donors (Lipinski definition) is 3. The number of nitrogens with zero attached hydrogens (tertiary/aromatic N) is 1. The van der Waals surface area contributed by atoms with E-state index in [1.807, 2.05) is 12.1 Å². The lowest BCUT2D eigenvalue weighted by Crippen LogP contribution is -2.29. The number of aryl methyl sites for hydroxylation is 2. The van der Waals surface area contributed by atoms with Crippen LogP contribution in [0.2, 0.25) is 0 Å². The number of aromatic nitrogens is 1. The van der Waals surface area contributed by atoms with Gasteiger partial charge in [-0.25, -0.2) is 0 Å². The summed E-state index contributed by atoms with van der Waals surface area (Å²) >= 11 is 0. The Labute approximate surface area is 261 Å². The number of pyridine rings is 1. The van der Waals surface area contributed by atoms with Crippen molar-refractivity contribution in [3.05, 3.63) is 105 Å². The summed E-state index contributed by atoms with van der Waals surface area (Å²) in [5, 5.41) is 30.6. The third-order valence-electron chi connectivity index (χ3n) is 8.13. The maximum absolute atomic E-state index is 14.0. The third kappa shape index (κ3) is 7.01. The lowest BCUT2D eigenvalue weighted by molar-refractivity contribution is -0.140. The molecule has 3 aromatic carbocycles. The monoisotopic (exact) mass is 615 g/mol. The van der Waals surface area contributed by atoms with Crippen LogP contribution >= 0.6 is 0 Å². The lowest BCUT2D eigenvalue weighted by atomic mass is 9.88. The predicted molar refractivity (Wildman–Crippen MR) is 167 cm³/mol. The molecule has 4 aromatic rings. The van der Waals surface area contributed by atoms with E-state index in [2.05, 4.69) is 6.07 Å². The molecule has 2 heterocycles. The topological polar surface area (TPSA) is 137 Å². The van der Waals surface area contributed by atoms with Crippen LogP contribution in [0, 0.1) is 6.92 Å². The number of aromatic hydroxyl groups is 3. The zero-order chi connectivity index (χ0) is 32.1. The second kappa shape index (κ2) is 13.7. The summed E-state index contributed by atoms with van der Waals surface area (Å²) in [5.41, 5.74) is 3.70. The van der Waals surface area contributed by atoms with Crippen LogP contribution in [0.25, 0.3) is 0 Å². The molecule has 10 heteroatoms. The summed E-state index contributed by atoms with van der Waals surface area (Å²) in [6.07, 6.45) is 1.71. The first-order valence-electron chi connectivity index (χ1n) is 14.7. The largest absolute Gasteiger partial charge is 0.507 e. The Balaban J connectivity index is 1.44. The molecule has 0 bridgehead atoms. The molecular formula is C35H37NO9. The zero-order valence-electron chi connectivity index (χ0n) is 25.5. The van der Waals surface area contributed by atoms with Crippen LogP contribution in [0.15, 0.2) is 65.5 Å². The molecule has 10 nitrogen and oxygen atoms in total. The van der Waals surface area contributed by atoms with Crippen molar-refractivity contribution < 1.29 is 39.1 Å². The second-order valence-electron chi connectivity index (χ2n) is 11.0. The van der Waals surface area contributed by atoms with Gasteiger partial charge < -0.3 is 38.8 Å². The number of fused-ring (bicyclic) bond motifs is 1. The predicted octanol–water partition coefficient (Wildman–Crippen LogP) is 4.78. The highest BCUT2D eigenvalue weighted by molar-refractivity contribution is 5.72. The maximum Gasteiger partial charge on any atom is 0.306 e. The average molecular weight is 616 g/mol. The SMILES string of the molecule is COC(=O)CC(c1ccc(OC)c(OCCc2ccc3c(c2)CCO3)c1)c1c(O)cc(C)n(CCc2ccc(O)c(O)c2)c1=O. The molecule has 0 saturated carbocycles. The van der Waals surface area contributed by atoms with E-state index in [0.717, 1.165) is 17.7 Å². The molecule has 1 aliphatic heterocycles. The van der Waals surface area contributed by atoms with Crippen LogP contribution in [0.5, 0.6) is 34.5 Å². The molecule has 1 aliphatic rings. The van der Waals surface area contributed by atoms with E-state index >= 15 is 0 Å². The van der Waals surface area contributed by atoms with Gasteiger partial charge in [0.2, 0.25) is 0 Å². The fourth-order valence-corrected chi connectivity index (χ4v) is 5.67. The van der Waals surface area contributed by atoms with Crippen molar-refractivity contribution in [2.24, 2.45) is 0 Å². The summed E-state index contributed by atoms with van der Waals surface area (Å²) in [7, 11) is 2.81. The number of carbonyl (C=O) groups is 1. The Morgan fingerprint density at radius 1 is 0.911 bits per heavy atom. The van der Waals surface area contributed by atoms with Crippen molar-refractivity contribution in [3.8, 4) is 34.5 Å². The molecule has 1 atom stereocenters. The highest BCUT2D eigenvalue weighted by Crippen LogP contribution is 2.37. The van der Waals surface area contributed by atoms with Crippen molar-refractivity contribution >= 4 is 5.97 Å². The molecule has 5 rings (SSSR count). The highest BCUT2D eigenvalue weighted by atomic mass is 16.5. The lowest BCUT2D eigenvalue weighted by Gasteiger charge is -2.22. The molecule has 236 valence electrons. The van der Waals surface area contributed by atoms with Gasteiger partial charge in [0, 0.05) is 31.0 Å². The Kier molecular flexibility index (Phi) is 9.51. The first-order chi connectivity index (χ1) is 21.7. The van der Waals surface area contributed by atoms with E-state index < -0.39 is 17.4 Å². The Hall–Kier alpha value is -5.12. The van der Waals surface area contributed by atoms with E-state index in [1.165, 1.54) is 42.5 Å². The van der Waals surface area contributed by atoms with Crippen molar-refractivity contribution in [1.82, 2.24) is 4.57 Å². The van der Waals surface area contributed by atoms with E-state index in [-0.39, 0.29) is 35.8 Å². The van der Waals surface area contributed by atoms with Gasteiger partial charge in [0.1, 0.15) is 11.5 Å². The zero-order valence-corrected chi connectivity index (χ0v) is 25.5. The van der Waals surface area contributed by atoms with Crippen molar-refractivity contribution in [2.45, 2.75) is 45.1 Å². The molecule has 0 amide bonds. The number of rotatable bonds is 12. The van der Waals surface area contributed by atoms with E-state index in [4.69, 9.17) is 18.9 Å². The number of carbonyl (C=O) groups excluding carboxylic acids is 1. The summed E-state index contributed by atoms with van der Waals surface area (Å²) in [6, 6.07) is 17.3. The third-order valence-corrected chi connectivity index (χ3v) is 8.13. The minimum atomic E-state index is -0.848. The van der Waals surface area contributed by atoms with Gasteiger partial charge in [-0.2, -0.15) is 0 Å². The maximum atomic E-state index is 14.0. The van der Waals surface area contributed by atoms with Crippen LogP contribution < -0.4 is 19.8 Å². The van der Waals surface area contributed by atoms with Gasteiger partial charge in [-0.05, 0) is 72.0 Å². The Bertz CT molecular complexity index is 1760. The van der Waals surface area contributed by atoms with Crippen LogP contribution in [0.1, 0.15) is 45.8 Å². The number of hydrogen-bond acceptors (Lipinski definition) is 9. The molecule has 3 N–H and O–H groups in total. The van der Waals surface area contributed by atoms with Crippen LogP contribution in [0.4, 0.5) is 0 Å². The summed E-state index contributed by atoms with van der Waals surface area (Å²) in [5.74, 6) is -0.267. The number of benzene rings is 3. The van der Waals surface area contributed by atoms with E-state index in [1.54, 1.807) is 31.2 Å². The van der Waals surface area contributed by atoms with E-state index in [9.17, 15) is 24.9 Å². The number of phenols is 2. The fraction of sp³-hybridized carbons (Fsp3) is 0.314. The minimum absolute atomic E-state index is 0.0519. The summed E-state index contributed by atoms with van der Waals surface area (Å²) < 4.78 is 23.8. The van der Waals surface area contributed by atoms with Gasteiger partial charge in [0.15, 0.2) is 23.0 Å². The quantitative estimate of drug-likeness (QED) is 0.152. The number of esters is 1. The second-order valence-corrected chi connectivity index (χ2v) is 11.0. The highest BCUT2D eigenvalue weighted by Gasteiger charge is 2.28. The molecule has 45 heavy (non-hydrogen) atoms. The Morgan fingerprint density at radius 3 is 2.44 bits per heavy atom. The van der Waals surface area contributed by atoms with Gasteiger partial charge in [-0.15, -0.1) is 0 Å². The van der Waals surface area contributed by atoms with Crippen LogP contribution in [-0.4, -0.2) is 53.3 Å². The number of ether oxygens (including phenoxy) is 4. The molecule has 0 saturated heterocycles. The smallest absolute Gasteiger partial charge is 0.306 e. The molecule has 1 unspecified atom stereocenters. The van der Waals surface area contributed by atoms with E-state index in [0.29, 0.717) is 54.4 Å². The van der Waals surface area contributed by atoms with Gasteiger partial charge in [0.25, 0.3) is 5.56 Å². The van der Waals surface area contributed by atoms with Gasteiger partial charge >= 0.3 is 5.97 Å². The number of methoxy groups -OCH3 is 2. The molecular weight excluding hydrogens is 578 g/mol. The van der Waals surface area contributed by atoms with Gasteiger partial charge in [0.05, 0.1) is 39.4 Å². The Morgan fingerprint density at radius 2 is 1.69 bits per heavy atom. The molecule has 1 aromatic heterocycles. The van der Waals surface area contributed by atoms with Gasteiger partial charge in [-0.3, -0.25) is 9.59 Å². The standard InChI is InChI=1S/C35H37NO9/c1-21-16-29(39)34(35(41)36(21)13-10-22-4-7-27(37)28(38)18-22)26(20-33(40)43-3)24-6-9-31(42-2)32(19-24)45-14-11-23-5-8-30-25(17-23)12-15-44-30/h4-9,16-19,26,37-39H,10-15,20H2,1-3H3. The van der Waals surface area contributed by atoms with Crippen LogP contribution in [0.3, 0.4) is 0 Å². The van der Waals surface area contributed by atoms with Crippen LogP contribution in [-0.2, 0) is 35.3 Å². The first-order valence-corrected chi connectivity index (χ1v) is 14.7. The first kappa shape index (κ1) is 31.3. The van der Waals surface area contributed by atoms with Gasteiger partial charge in [-0.1, -0.05) is 24.3 Å². The molecule has 0 aliphatic carbocycles. The molecule has 0 spiro atoms.